The van der Waals surface area contributed by atoms with Gasteiger partial charge in [0.05, 0.1) is 21.7 Å². The first-order valence-corrected chi connectivity index (χ1v) is 13.1. The van der Waals surface area contributed by atoms with Crippen LogP contribution >= 0.6 is 11.3 Å². The Kier molecular flexibility index (Phi) is 6.67. The summed E-state index contributed by atoms with van der Waals surface area (Å²) < 4.78 is 26.5. The average molecular weight is 465 g/mol. The van der Waals surface area contributed by atoms with E-state index in [0.29, 0.717) is 23.7 Å². The van der Waals surface area contributed by atoms with Crippen molar-refractivity contribution >= 4 is 48.1 Å². The van der Waals surface area contributed by atoms with Crippen LogP contribution < -0.4 is 4.90 Å². The van der Waals surface area contributed by atoms with Crippen LogP contribution in [0.1, 0.15) is 17.5 Å². The van der Waals surface area contributed by atoms with Gasteiger partial charge in [-0.25, -0.2) is 13.4 Å². The number of hydrogen-bond donors (Lipinski definition) is 0. The summed E-state index contributed by atoms with van der Waals surface area (Å²) in [6.45, 7) is 1.90. The van der Waals surface area contributed by atoms with E-state index in [1.54, 1.807) is 0 Å². The largest absolute Gasteiger partial charge is 0.273 e. The number of aromatic nitrogens is 1. The molecule has 0 fully saturated rings. The Morgan fingerprint density at radius 3 is 2.38 bits per heavy atom. The molecule has 5 nitrogen and oxygen atoms in total. The minimum absolute atomic E-state index is 0.0326. The Bertz CT molecular complexity index is 1300. The molecule has 0 aliphatic rings. The second-order valence-electron chi connectivity index (χ2n) is 7.66. The van der Waals surface area contributed by atoms with Gasteiger partial charge in [-0.3, -0.25) is 9.69 Å². The van der Waals surface area contributed by atoms with Crippen LogP contribution in [-0.2, 0) is 21.1 Å². The summed E-state index contributed by atoms with van der Waals surface area (Å²) >= 11 is 1.38. The van der Waals surface area contributed by atoms with Crippen molar-refractivity contribution in [1.29, 1.82) is 0 Å². The summed E-state index contributed by atoms with van der Waals surface area (Å²) in [5, 5.41) is 0.477. The molecule has 0 bridgehead atoms. The number of anilines is 2. The lowest BCUT2D eigenvalue weighted by Gasteiger charge is -2.22. The summed E-state index contributed by atoms with van der Waals surface area (Å²) in [4.78, 5) is 19.4. The molecular weight excluding hydrogens is 440 g/mol. The first-order chi connectivity index (χ1) is 15.4. The highest BCUT2D eigenvalue weighted by molar-refractivity contribution is 7.92. The molecule has 0 unspecified atom stereocenters. The number of carbonyl (C=O) groups is 1. The molecule has 0 aliphatic carbocycles. The first kappa shape index (κ1) is 22.2. The molecule has 0 aliphatic heterocycles. The number of rotatable bonds is 8. The van der Waals surface area contributed by atoms with Gasteiger partial charge < -0.3 is 0 Å². The molecule has 3 aromatic carbocycles. The molecule has 164 valence electrons. The van der Waals surface area contributed by atoms with Crippen LogP contribution in [0.15, 0.2) is 78.9 Å². The van der Waals surface area contributed by atoms with Crippen molar-refractivity contribution in [1.82, 2.24) is 4.98 Å². The Morgan fingerprint density at radius 1 is 0.938 bits per heavy atom. The Labute approximate surface area is 192 Å². The summed E-state index contributed by atoms with van der Waals surface area (Å²) in [5.41, 5.74) is 3.40. The Morgan fingerprint density at radius 2 is 1.62 bits per heavy atom. The third-order valence-electron chi connectivity index (χ3n) is 5.19. The lowest BCUT2D eigenvalue weighted by atomic mass is 10.1. The maximum atomic E-state index is 13.3. The standard InChI is InChI=1S/C25H24N2O3S2/c1-19-10-5-7-15-22(19)27(25-26-21-14-6-8-16-23(21)31-25)24(28)18-32(29,30)17-9-13-20-11-3-2-4-12-20/h2-8,10-12,14-16H,9,13,17-18H2,1H3. The van der Waals surface area contributed by atoms with E-state index < -0.39 is 21.5 Å². The van der Waals surface area contributed by atoms with Crippen LogP contribution in [0.4, 0.5) is 10.8 Å². The Balaban J connectivity index is 1.56. The van der Waals surface area contributed by atoms with E-state index in [4.69, 9.17) is 0 Å². The van der Waals surface area contributed by atoms with Crippen molar-refractivity contribution in [2.45, 2.75) is 19.8 Å². The normalized spacial score (nSPS) is 11.5. The quantitative estimate of drug-likeness (QED) is 0.354. The highest BCUT2D eigenvalue weighted by atomic mass is 32.2. The molecule has 0 spiro atoms. The summed E-state index contributed by atoms with van der Waals surface area (Å²) in [6, 6.07) is 24.8. The number of sulfone groups is 1. The van der Waals surface area contributed by atoms with Gasteiger partial charge in [0.15, 0.2) is 15.0 Å². The molecule has 0 N–H and O–H groups in total. The molecule has 1 amide bonds. The van der Waals surface area contributed by atoms with Crippen molar-refractivity contribution in [3.05, 3.63) is 90.0 Å². The molecular formula is C25H24N2O3S2. The molecule has 0 atom stereocenters. The number of fused-ring (bicyclic) bond motifs is 1. The predicted molar refractivity (Wildman–Crippen MR) is 131 cm³/mol. The summed E-state index contributed by atoms with van der Waals surface area (Å²) in [5.74, 6) is -1.07. The fourth-order valence-corrected chi connectivity index (χ4v) is 5.81. The molecule has 1 aromatic heterocycles. The van der Waals surface area contributed by atoms with Gasteiger partial charge in [-0.2, -0.15) is 0 Å². The molecule has 0 saturated heterocycles. The van der Waals surface area contributed by atoms with Crippen molar-refractivity contribution in [2.24, 2.45) is 0 Å². The lowest BCUT2D eigenvalue weighted by Crippen LogP contribution is -2.33. The third kappa shape index (κ3) is 5.23. The molecule has 7 heteroatoms. The fraction of sp³-hybridized carbons (Fsp3) is 0.200. The van der Waals surface area contributed by atoms with Gasteiger partial charge in [0.25, 0.3) is 0 Å². The zero-order valence-corrected chi connectivity index (χ0v) is 19.4. The maximum absolute atomic E-state index is 13.3. The van der Waals surface area contributed by atoms with Gasteiger partial charge in [-0.15, -0.1) is 0 Å². The molecule has 1 heterocycles. The van der Waals surface area contributed by atoms with E-state index in [-0.39, 0.29) is 5.75 Å². The molecule has 32 heavy (non-hydrogen) atoms. The molecule has 0 saturated carbocycles. The molecule has 4 rings (SSSR count). The van der Waals surface area contributed by atoms with E-state index >= 15 is 0 Å². The van der Waals surface area contributed by atoms with E-state index in [1.807, 2.05) is 85.8 Å². The average Bonchev–Trinajstić information content (AvgIpc) is 3.19. The number of thiazole rings is 1. The van der Waals surface area contributed by atoms with E-state index in [2.05, 4.69) is 4.98 Å². The van der Waals surface area contributed by atoms with Crippen LogP contribution in [0.25, 0.3) is 10.2 Å². The Hall–Kier alpha value is -3.03. The van der Waals surface area contributed by atoms with E-state index in [1.165, 1.54) is 16.2 Å². The third-order valence-corrected chi connectivity index (χ3v) is 7.81. The minimum Gasteiger partial charge on any atom is -0.273 e. The minimum atomic E-state index is -3.57. The number of amides is 1. The van der Waals surface area contributed by atoms with Crippen molar-refractivity contribution in [3.8, 4) is 0 Å². The summed E-state index contributed by atoms with van der Waals surface area (Å²) in [7, 11) is -3.57. The second-order valence-corrected chi connectivity index (χ2v) is 10.9. The topological polar surface area (TPSA) is 67.3 Å². The second kappa shape index (κ2) is 9.63. The summed E-state index contributed by atoms with van der Waals surface area (Å²) in [6.07, 6.45) is 1.14. The molecule has 4 aromatic rings. The van der Waals surface area contributed by atoms with Gasteiger partial charge >= 0.3 is 0 Å². The predicted octanol–water partition coefficient (Wildman–Crippen LogP) is 5.32. The van der Waals surface area contributed by atoms with Crippen molar-refractivity contribution in [2.75, 3.05) is 16.4 Å². The zero-order valence-electron chi connectivity index (χ0n) is 17.8. The number of benzene rings is 3. The molecule has 0 radical (unpaired) electrons. The monoisotopic (exact) mass is 464 g/mol. The fourth-order valence-electron chi connectivity index (χ4n) is 3.58. The van der Waals surface area contributed by atoms with Crippen molar-refractivity contribution < 1.29 is 13.2 Å². The number of para-hydroxylation sites is 2. The van der Waals surface area contributed by atoms with Crippen LogP contribution in [0, 0.1) is 6.92 Å². The SMILES string of the molecule is Cc1ccccc1N(C(=O)CS(=O)(=O)CCCc1ccccc1)c1nc2ccccc2s1. The van der Waals surface area contributed by atoms with Crippen LogP contribution in [0.5, 0.6) is 0 Å². The lowest BCUT2D eigenvalue weighted by molar-refractivity contribution is -0.115. The van der Waals surface area contributed by atoms with E-state index in [0.717, 1.165) is 21.3 Å². The van der Waals surface area contributed by atoms with Gasteiger partial charge in [-0.1, -0.05) is 72.0 Å². The van der Waals surface area contributed by atoms with Gasteiger partial charge in [-0.05, 0) is 49.1 Å². The van der Waals surface area contributed by atoms with Crippen LogP contribution in [-0.4, -0.2) is 30.8 Å². The zero-order chi connectivity index (χ0) is 22.6. The number of hydrogen-bond acceptors (Lipinski definition) is 5. The number of aryl methyl sites for hydroxylation is 2. The first-order valence-electron chi connectivity index (χ1n) is 10.4. The maximum Gasteiger partial charge on any atom is 0.248 e. The van der Waals surface area contributed by atoms with Gasteiger partial charge in [0, 0.05) is 0 Å². The van der Waals surface area contributed by atoms with Crippen LogP contribution in [0.3, 0.4) is 0 Å². The van der Waals surface area contributed by atoms with Gasteiger partial charge in [0.1, 0.15) is 5.75 Å². The van der Waals surface area contributed by atoms with Crippen molar-refractivity contribution in [3.63, 3.8) is 0 Å². The van der Waals surface area contributed by atoms with Gasteiger partial charge in [0.2, 0.25) is 5.91 Å². The number of nitrogens with zero attached hydrogens (tertiary/aromatic N) is 2. The number of carbonyl (C=O) groups excluding carboxylic acids is 1. The van der Waals surface area contributed by atoms with E-state index in [9.17, 15) is 13.2 Å². The van der Waals surface area contributed by atoms with Crippen LogP contribution in [0.2, 0.25) is 0 Å². The highest BCUT2D eigenvalue weighted by Gasteiger charge is 2.27. The highest BCUT2D eigenvalue weighted by Crippen LogP contribution is 2.35. The smallest absolute Gasteiger partial charge is 0.248 e.